The minimum absolute atomic E-state index is 0.180. The maximum absolute atomic E-state index is 13.6. The Morgan fingerprint density at radius 2 is 2.11 bits per heavy atom. The lowest BCUT2D eigenvalue weighted by Gasteiger charge is -2.11. The van der Waals surface area contributed by atoms with Crippen LogP contribution in [-0.2, 0) is 6.54 Å². The predicted octanol–water partition coefficient (Wildman–Crippen LogP) is 3.68. The van der Waals surface area contributed by atoms with Crippen LogP contribution in [0.2, 0.25) is 0 Å². The van der Waals surface area contributed by atoms with Crippen molar-refractivity contribution >= 4 is 15.9 Å². The van der Waals surface area contributed by atoms with E-state index < -0.39 is 11.6 Å². The Labute approximate surface area is 117 Å². The second kappa shape index (κ2) is 5.63. The van der Waals surface area contributed by atoms with Crippen LogP contribution in [0, 0.1) is 18.6 Å². The molecule has 0 aliphatic heterocycles. The zero-order valence-electron chi connectivity index (χ0n) is 10.1. The highest BCUT2D eigenvalue weighted by Gasteiger charge is 2.15. The van der Waals surface area contributed by atoms with Crippen LogP contribution in [0.15, 0.2) is 28.9 Å². The van der Waals surface area contributed by atoms with Gasteiger partial charge in [-0.1, -0.05) is 15.9 Å². The summed E-state index contributed by atoms with van der Waals surface area (Å²) in [5, 5.41) is 0. The number of nitrogens with zero attached hydrogens (tertiary/aromatic N) is 1. The molecule has 6 heteroatoms. The molecule has 2 rings (SSSR count). The van der Waals surface area contributed by atoms with E-state index in [1.165, 1.54) is 12.3 Å². The van der Waals surface area contributed by atoms with E-state index in [0.717, 1.165) is 11.6 Å². The van der Waals surface area contributed by atoms with E-state index in [9.17, 15) is 8.78 Å². The van der Waals surface area contributed by atoms with Crippen LogP contribution < -0.4 is 10.5 Å². The molecule has 1 aromatic carbocycles. The summed E-state index contributed by atoms with van der Waals surface area (Å²) in [5.74, 6) is -2.11. The number of hydrogen-bond donors (Lipinski definition) is 1. The second-order valence-electron chi connectivity index (χ2n) is 3.92. The largest absolute Gasteiger partial charge is 0.435 e. The van der Waals surface area contributed by atoms with Crippen molar-refractivity contribution in [3.05, 3.63) is 51.6 Å². The van der Waals surface area contributed by atoms with Crippen LogP contribution in [0.5, 0.6) is 11.6 Å². The first-order chi connectivity index (χ1) is 9.02. The third-order valence-corrected chi connectivity index (χ3v) is 3.08. The minimum Gasteiger partial charge on any atom is -0.435 e. The van der Waals surface area contributed by atoms with Gasteiger partial charge in [0.1, 0.15) is 0 Å². The van der Waals surface area contributed by atoms with E-state index in [-0.39, 0.29) is 18.2 Å². The zero-order chi connectivity index (χ0) is 14.0. The lowest BCUT2D eigenvalue weighted by atomic mass is 10.1. The summed E-state index contributed by atoms with van der Waals surface area (Å²) >= 11 is 3.08. The van der Waals surface area contributed by atoms with Gasteiger partial charge in [0.15, 0.2) is 11.6 Å². The molecule has 2 aromatic rings. The molecule has 0 aliphatic carbocycles. The highest BCUT2D eigenvalue weighted by Crippen LogP contribution is 2.30. The van der Waals surface area contributed by atoms with Crippen molar-refractivity contribution in [2.45, 2.75) is 13.5 Å². The Kier molecular flexibility index (Phi) is 4.11. The number of benzene rings is 1. The molecule has 0 saturated carbocycles. The fourth-order valence-corrected chi connectivity index (χ4v) is 2.02. The molecule has 0 amide bonds. The summed E-state index contributed by atoms with van der Waals surface area (Å²) in [6.07, 6.45) is 1.52. The van der Waals surface area contributed by atoms with E-state index in [2.05, 4.69) is 20.9 Å². The van der Waals surface area contributed by atoms with Gasteiger partial charge in [-0.3, -0.25) is 0 Å². The number of aromatic nitrogens is 1. The summed E-state index contributed by atoms with van der Waals surface area (Å²) in [4.78, 5) is 4.00. The number of hydrogen-bond acceptors (Lipinski definition) is 3. The SMILES string of the molecule is Cc1ccnc(Oc2cc(Br)cc(F)c2F)c1CN. The van der Waals surface area contributed by atoms with Crippen LogP contribution >= 0.6 is 15.9 Å². The van der Waals surface area contributed by atoms with Crippen LogP contribution in [0.25, 0.3) is 0 Å². The van der Waals surface area contributed by atoms with Crippen LogP contribution in [0.4, 0.5) is 8.78 Å². The van der Waals surface area contributed by atoms with Gasteiger partial charge in [0, 0.05) is 22.8 Å². The Hall–Kier alpha value is -1.53. The number of ether oxygens (including phenoxy) is 1. The molecule has 1 heterocycles. The summed E-state index contributed by atoms with van der Waals surface area (Å²) in [6, 6.07) is 4.13. The van der Waals surface area contributed by atoms with Crippen molar-refractivity contribution in [2.75, 3.05) is 0 Å². The molecule has 0 bridgehead atoms. The van der Waals surface area contributed by atoms with E-state index in [0.29, 0.717) is 10.0 Å². The van der Waals surface area contributed by atoms with Crippen molar-refractivity contribution < 1.29 is 13.5 Å². The number of pyridine rings is 1. The highest BCUT2D eigenvalue weighted by atomic mass is 79.9. The molecule has 0 saturated heterocycles. The van der Waals surface area contributed by atoms with Crippen molar-refractivity contribution in [1.82, 2.24) is 4.98 Å². The van der Waals surface area contributed by atoms with Gasteiger partial charge in [-0.2, -0.15) is 4.39 Å². The Morgan fingerprint density at radius 1 is 1.37 bits per heavy atom. The van der Waals surface area contributed by atoms with Gasteiger partial charge in [0.25, 0.3) is 0 Å². The molecule has 0 fully saturated rings. The van der Waals surface area contributed by atoms with Gasteiger partial charge >= 0.3 is 0 Å². The van der Waals surface area contributed by atoms with Crippen molar-refractivity contribution in [1.29, 1.82) is 0 Å². The Morgan fingerprint density at radius 3 is 2.79 bits per heavy atom. The Bertz CT molecular complexity index is 620. The van der Waals surface area contributed by atoms with E-state index in [4.69, 9.17) is 10.5 Å². The van der Waals surface area contributed by atoms with E-state index in [1.807, 2.05) is 6.92 Å². The molecule has 1 aromatic heterocycles. The fraction of sp³-hybridized carbons (Fsp3) is 0.154. The van der Waals surface area contributed by atoms with Gasteiger partial charge in [0.2, 0.25) is 11.7 Å². The van der Waals surface area contributed by atoms with Gasteiger partial charge < -0.3 is 10.5 Å². The summed E-state index contributed by atoms with van der Waals surface area (Å²) < 4.78 is 32.6. The monoisotopic (exact) mass is 328 g/mol. The molecule has 0 spiro atoms. The second-order valence-corrected chi connectivity index (χ2v) is 4.83. The molecule has 0 unspecified atom stereocenters. The zero-order valence-corrected chi connectivity index (χ0v) is 11.7. The first-order valence-corrected chi connectivity index (χ1v) is 6.29. The number of rotatable bonds is 3. The summed E-state index contributed by atoms with van der Waals surface area (Å²) in [5.41, 5.74) is 7.14. The van der Waals surface area contributed by atoms with Gasteiger partial charge in [-0.05, 0) is 30.7 Å². The molecule has 19 heavy (non-hydrogen) atoms. The topological polar surface area (TPSA) is 48.1 Å². The van der Waals surface area contributed by atoms with Crippen molar-refractivity contribution in [2.24, 2.45) is 5.73 Å². The maximum Gasteiger partial charge on any atom is 0.224 e. The lowest BCUT2D eigenvalue weighted by Crippen LogP contribution is -2.04. The lowest BCUT2D eigenvalue weighted by molar-refractivity contribution is 0.401. The first kappa shape index (κ1) is 13.9. The third kappa shape index (κ3) is 2.90. The quantitative estimate of drug-likeness (QED) is 0.874. The van der Waals surface area contributed by atoms with Crippen molar-refractivity contribution in [3.8, 4) is 11.6 Å². The standard InChI is InChI=1S/C13H11BrF2N2O/c1-7-2-3-18-13(9(7)6-17)19-11-5-8(14)4-10(15)12(11)16/h2-5H,6,17H2,1H3. The average Bonchev–Trinajstić information content (AvgIpc) is 2.35. The van der Waals surface area contributed by atoms with Gasteiger partial charge in [-0.15, -0.1) is 0 Å². The van der Waals surface area contributed by atoms with Gasteiger partial charge in [0.05, 0.1) is 0 Å². The molecule has 2 N–H and O–H groups in total. The number of aryl methyl sites for hydroxylation is 1. The van der Waals surface area contributed by atoms with Crippen LogP contribution in [0.3, 0.4) is 0 Å². The Balaban J connectivity index is 2.45. The molecule has 100 valence electrons. The average molecular weight is 329 g/mol. The summed E-state index contributed by atoms with van der Waals surface area (Å²) in [6.45, 7) is 2.04. The van der Waals surface area contributed by atoms with Crippen LogP contribution in [0.1, 0.15) is 11.1 Å². The molecule has 3 nitrogen and oxygen atoms in total. The maximum atomic E-state index is 13.6. The fourth-order valence-electron chi connectivity index (χ4n) is 1.61. The highest BCUT2D eigenvalue weighted by molar-refractivity contribution is 9.10. The molecular weight excluding hydrogens is 318 g/mol. The number of nitrogens with two attached hydrogens (primary N) is 1. The van der Waals surface area contributed by atoms with Crippen LogP contribution in [-0.4, -0.2) is 4.98 Å². The minimum atomic E-state index is -1.06. The normalized spacial score (nSPS) is 10.6. The summed E-state index contributed by atoms with van der Waals surface area (Å²) in [7, 11) is 0. The molecule has 0 atom stereocenters. The van der Waals surface area contributed by atoms with Crippen molar-refractivity contribution in [3.63, 3.8) is 0 Å². The first-order valence-electron chi connectivity index (χ1n) is 5.50. The smallest absolute Gasteiger partial charge is 0.224 e. The van der Waals surface area contributed by atoms with Gasteiger partial charge in [-0.25, -0.2) is 9.37 Å². The van der Waals surface area contributed by atoms with E-state index in [1.54, 1.807) is 6.07 Å². The molecule has 0 radical (unpaired) electrons. The molecule has 0 aliphatic rings. The third-order valence-electron chi connectivity index (χ3n) is 2.62. The number of halogens is 3. The predicted molar refractivity (Wildman–Crippen MR) is 71.0 cm³/mol. The van der Waals surface area contributed by atoms with E-state index >= 15 is 0 Å². The molecular formula is C13H11BrF2N2O.